The Morgan fingerprint density at radius 3 is 3.13 bits per heavy atom. The van der Waals surface area contributed by atoms with Gasteiger partial charge < -0.3 is 4.74 Å². The zero-order valence-corrected chi connectivity index (χ0v) is 9.12. The highest BCUT2D eigenvalue weighted by Gasteiger charge is 2.07. The van der Waals surface area contributed by atoms with Crippen LogP contribution in [-0.2, 0) is 9.53 Å². The normalized spacial score (nSPS) is 9.67. The number of pyridine rings is 1. The van der Waals surface area contributed by atoms with Gasteiger partial charge in [0.25, 0.3) is 0 Å². The molecule has 80 valence electrons. The Morgan fingerprint density at radius 2 is 2.47 bits per heavy atom. The summed E-state index contributed by atoms with van der Waals surface area (Å²) in [6, 6.07) is 3.34. The van der Waals surface area contributed by atoms with E-state index in [9.17, 15) is 9.59 Å². The molecule has 0 N–H and O–H groups in total. The van der Waals surface area contributed by atoms with E-state index < -0.39 is 0 Å². The largest absolute Gasteiger partial charge is 0.465 e. The van der Waals surface area contributed by atoms with Crippen LogP contribution in [0, 0.1) is 0 Å². The number of aromatic nitrogens is 1. The van der Waals surface area contributed by atoms with Crippen molar-refractivity contribution in [3.8, 4) is 0 Å². The van der Waals surface area contributed by atoms with Crippen molar-refractivity contribution in [2.45, 2.75) is 11.9 Å². The summed E-state index contributed by atoms with van der Waals surface area (Å²) >= 11 is 1.20. The van der Waals surface area contributed by atoms with Crippen LogP contribution in [0.25, 0.3) is 0 Å². The van der Waals surface area contributed by atoms with E-state index in [1.165, 1.54) is 11.8 Å². The van der Waals surface area contributed by atoms with Gasteiger partial charge in [0.15, 0.2) is 6.29 Å². The van der Waals surface area contributed by atoms with Crippen molar-refractivity contribution in [3.05, 3.63) is 23.9 Å². The highest BCUT2D eigenvalue weighted by atomic mass is 32.2. The molecule has 0 aromatic carbocycles. The van der Waals surface area contributed by atoms with Gasteiger partial charge in [-0.05, 0) is 19.1 Å². The Kier molecular flexibility index (Phi) is 4.83. The van der Waals surface area contributed by atoms with Crippen molar-refractivity contribution in [2.24, 2.45) is 0 Å². The molecule has 0 aliphatic heterocycles. The SMILES string of the molecule is CCOC(=O)CSc1ncccc1C=O. The van der Waals surface area contributed by atoms with Crippen LogP contribution in [0.4, 0.5) is 0 Å². The number of carbonyl (C=O) groups excluding carboxylic acids is 2. The zero-order valence-electron chi connectivity index (χ0n) is 8.30. The van der Waals surface area contributed by atoms with Gasteiger partial charge in [0.1, 0.15) is 5.03 Å². The summed E-state index contributed by atoms with van der Waals surface area (Å²) in [5, 5.41) is 0.556. The fourth-order valence-corrected chi connectivity index (χ4v) is 1.70. The number of hydrogen-bond acceptors (Lipinski definition) is 5. The lowest BCUT2D eigenvalue weighted by Crippen LogP contribution is -2.07. The smallest absolute Gasteiger partial charge is 0.316 e. The third-order valence-corrected chi connectivity index (χ3v) is 2.55. The summed E-state index contributed by atoms with van der Waals surface area (Å²) in [4.78, 5) is 25.7. The summed E-state index contributed by atoms with van der Waals surface area (Å²) in [5.74, 6) is -0.129. The molecule has 5 heteroatoms. The maximum absolute atomic E-state index is 11.1. The van der Waals surface area contributed by atoms with Gasteiger partial charge in [0.05, 0.1) is 12.4 Å². The van der Waals surface area contributed by atoms with Gasteiger partial charge in [-0.2, -0.15) is 0 Å². The van der Waals surface area contributed by atoms with E-state index >= 15 is 0 Å². The minimum atomic E-state index is -0.301. The number of esters is 1. The van der Waals surface area contributed by atoms with Crippen molar-refractivity contribution in [3.63, 3.8) is 0 Å². The van der Waals surface area contributed by atoms with E-state index in [-0.39, 0.29) is 11.7 Å². The maximum atomic E-state index is 11.1. The number of thioether (sulfide) groups is 1. The highest BCUT2D eigenvalue weighted by molar-refractivity contribution is 7.99. The van der Waals surface area contributed by atoms with Crippen LogP contribution in [0.15, 0.2) is 23.4 Å². The number of ether oxygens (including phenoxy) is 1. The quantitative estimate of drug-likeness (QED) is 0.432. The second-order valence-electron chi connectivity index (χ2n) is 2.61. The van der Waals surface area contributed by atoms with Crippen molar-refractivity contribution in [1.82, 2.24) is 4.98 Å². The van der Waals surface area contributed by atoms with Gasteiger partial charge in [-0.1, -0.05) is 11.8 Å². The molecule has 1 aromatic rings. The molecule has 4 nitrogen and oxygen atoms in total. The Labute approximate surface area is 92.0 Å². The molecule has 0 unspecified atom stereocenters. The van der Waals surface area contributed by atoms with Crippen LogP contribution in [0.2, 0.25) is 0 Å². The van der Waals surface area contributed by atoms with Gasteiger partial charge in [0, 0.05) is 11.8 Å². The Morgan fingerprint density at radius 1 is 1.67 bits per heavy atom. The van der Waals surface area contributed by atoms with Gasteiger partial charge in [0.2, 0.25) is 0 Å². The first-order chi connectivity index (χ1) is 7.27. The summed E-state index contributed by atoms with van der Waals surface area (Å²) in [6.45, 7) is 2.11. The molecule has 0 saturated carbocycles. The lowest BCUT2D eigenvalue weighted by molar-refractivity contribution is -0.139. The minimum absolute atomic E-state index is 0.172. The number of hydrogen-bond donors (Lipinski definition) is 0. The predicted octanol–water partition coefficient (Wildman–Crippen LogP) is 1.55. The number of carbonyl (C=O) groups is 2. The lowest BCUT2D eigenvalue weighted by atomic mass is 10.3. The predicted molar refractivity (Wildman–Crippen MR) is 57.0 cm³/mol. The molecule has 0 fully saturated rings. The van der Waals surface area contributed by atoms with Crippen molar-refractivity contribution in [1.29, 1.82) is 0 Å². The van der Waals surface area contributed by atoms with Crippen LogP contribution in [0.1, 0.15) is 17.3 Å². The molecule has 0 aliphatic rings. The van der Waals surface area contributed by atoms with E-state index in [1.807, 2.05) is 0 Å². The molecular weight excluding hydrogens is 214 g/mol. The molecular formula is C10H11NO3S. The van der Waals surface area contributed by atoms with E-state index in [2.05, 4.69) is 4.98 Å². The van der Waals surface area contributed by atoms with Crippen LogP contribution >= 0.6 is 11.8 Å². The summed E-state index contributed by atoms with van der Waals surface area (Å²) in [7, 11) is 0. The monoisotopic (exact) mass is 225 g/mol. The third kappa shape index (κ3) is 3.71. The molecule has 1 heterocycles. The van der Waals surface area contributed by atoms with Crippen LogP contribution in [0.5, 0.6) is 0 Å². The molecule has 0 atom stereocenters. The summed E-state index contributed by atoms with van der Waals surface area (Å²) in [6.07, 6.45) is 2.31. The van der Waals surface area contributed by atoms with Gasteiger partial charge in [-0.25, -0.2) is 4.98 Å². The van der Waals surface area contributed by atoms with E-state index in [1.54, 1.807) is 25.3 Å². The van der Waals surface area contributed by atoms with Gasteiger partial charge >= 0.3 is 5.97 Å². The number of rotatable bonds is 5. The topological polar surface area (TPSA) is 56.3 Å². The van der Waals surface area contributed by atoms with Crippen molar-refractivity contribution >= 4 is 24.0 Å². The fourth-order valence-electron chi connectivity index (χ4n) is 0.943. The highest BCUT2D eigenvalue weighted by Crippen LogP contribution is 2.18. The third-order valence-electron chi connectivity index (χ3n) is 1.56. The Hall–Kier alpha value is -1.36. The standard InChI is InChI=1S/C10H11NO3S/c1-2-14-9(13)7-15-10-8(6-12)4-3-5-11-10/h3-6H,2,7H2,1H3. The van der Waals surface area contributed by atoms with E-state index in [0.717, 1.165) is 6.29 Å². The first-order valence-corrected chi connectivity index (χ1v) is 5.45. The Bertz CT molecular complexity index is 354. The number of nitrogens with zero attached hydrogens (tertiary/aromatic N) is 1. The Balaban J connectivity index is 2.57. The molecule has 1 rings (SSSR count). The second-order valence-corrected chi connectivity index (χ2v) is 3.57. The lowest BCUT2D eigenvalue weighted by Gasteiger charge is -2.02. The van der Waals surface area contributed by atoms with Gasteiger partial charge in [-0.15, -0.1) is 0 Å². The van der Waals surface area contributed by atoms with Gasteiger partial charge in [-0.3, -0.25) is 9.59 Å². The first-order valence-electron chi connectivity index (χ1n) is 4.46. The van der Waals surface area contributed by atoms with E-state index in [4.69, 9.17) is 4.74 Å². The average Bonchev–Trinajstić information content (AvgIpc) is 2.27. The molecule has 15 heavy (non-hydrogen) atoms. The zero-order chi connectivity index (χ0) is 11.1. The first kappa shape index (κ1) is 11.7. The molecule has 0 amide bonds. The van der Waals surface area contributed by atoms with Crippen LogP contribution in [0.3, 0.4) is 0 Å². The van der Waals surface area contributed by atoms with Crippen molar-refractivity contribution < 1.29 is 14.3 Å². The minimum Gasteiger partial charge on any atom is -0.465 e. The molecule has 0 radical (unpaired) electrons. The summed E-state index contributed by atoms with van der Waals surface area (Å²) < 4.78 is 4.76. The van der Waals surface area contributed by atoms with Crippen molar-refractivity contribution in [2.75, 3.05) is 12.4 Å². The molecule has 0 saturated heterocycles. The van der Waals surface area contributed by atoms with Crippen LogP contribution < -0.4 is 0 Å². The molecule has 0 bridgehead atoms. The summed E-state index contributed by atoms with van der Waals surface area (Å²) in [5.41, 5.74) is 0.492. The maximum Gasteiger partial charge on any atom is 0.316 e. The van der Waals surface area contributed by atoms with E-state index in [0.29, 0.717) is 17.2 Å². The molecule has 1 aromatic heterocycles. The van der Waals surface area contributed by atoms with Crippen LogP contribution in [-0.4, -0.2) is 29.6 Å². The fraction of sp³-hybridized carbons (Fsp3) is 0.300. The molecule has 0 aliphatic carbocycles. The number of aldehydes is 1. The molecule has 0 spiro atoms. The second kappa shape index (κ2) is 6.19. The average molecular weight is 225 g/mol.